The van der Waals surface area contributed by atoms with Crippen LogP contribution in [0.5, 0.6) is 0 Å². The maximum Gasteiger partial charge on any atom is 0.339 e. The van der Waals surface area contributed by atoms with Gasteiger partial charge in [0, 0.05) is 31.9 Å². The third kappa shape index (κ3) is 4.05. The minimum Gasteiger partial charge on any atom is -0.478 e. The molecule has 0 bridgehead atoms. The van der Waals surface area contributed by atoms with Gasteiger partial charge in [0.15, 0.2) is 0 Å². The standard InChI is InChI=1S/C22H27N3O4/c1-15-20(22(27)28)14-23-25(15)19-6-10-24(11-7-19)21(26)18-4-2-16(3-5-18)17-8-12-29-13-9-17/h2-5,14,17,19H,6-13H2,1H3,(H,27,28). The van der Waals surface area contributed by atoms with Crippen molar-refractivity contribution in [1.29, 1.82) is 0 Å². The molecule has 2 aromatic rings. The van der Waals surface area contributed by atoms with Crippen molar-refractivity contribution < 1.29 is 19.4 Å². The fourth-order valence-corrected chi connectivity index (χ4v) is 4.43. The average Bonchev–Trinajstić information content (AvgIpc) is 3.16. The Kier molecular flexibility index (Phi) is 5.67. The quantitative estimate of drug-likeness (QED) is 0.856. The Morgan fingerprint density at radius 2 is 1.72 bits per heavy atom. The Labute approximate surface area is 170 Å². The number of likely N-dealkylation sites (tertiary alicyclic amines) is 1. The average molecular weight is 397 g/mol. The summed E-state index contributed by atoms with van der Waals surface area (Å²) in [6.45, 7) is 4.70. The number of amides is 1. The van der Waals surface area contributed by atoms with Crippen molar-refractivity contribution in [2.75, 3.05) is 26.3 Å². The van der Waals surface area contributed by atoms with Gasteiger partial charge in [-0.05, 0) is 56.2 Å². The lowest BCUT2D eigenvalue weighted by atomic mass is 9.91. The molecular weight excluding hydrogens is 370 g/mol. The lowest BCUT2D eigenvalue weighted by Gasteiger charge is -2.32. The van der Waals surface area contributed by atoms with Crippen molar-refractivity contribution in [2.45, 2.75) is 44.6 Å². The highest BCUT2D eigenvalue weighted by Gasteiger charge is 2.27. The van der Waals surface area contributed by atoms with E-state index in [1.165, 1.54) is 11.8 Å². The van der Waals surface area contributed by atoms with Gasteiger partial charge in [0.2, 0.25) is 0 Å². The molecule has 3 heterocycles. The minimum absolute atomic E-state index is 0.0605. The maximum atomic E-state index is 12.9. The van der Waals surface area contributed by atoms with Crippen LogP contribution in [0.25, 0.3) is 0 Å². The SMILES string of the molecule is Cc1c(C(=O)O)cnn1C1CCN(C(=O)c2ccc(C3CCOCC3)cc2)CC1. The molecule has 2 aliphatic rings. The second kappa shape index (κ2) is 8.37. The molecule has 0 saturated carbocycles. The number of ether oxygens (including phenoxy) is 1. The number of hydrogen-bond acceptors (Lipinski definition) is 4. The molecule has 0 unspecified atom stereocenters. The predicted octanol–water partition coefficient (Wildman–Crippen LogP) is 3.26. The number of carbonyl (C=O) groups excluding carboxylic acids is 1. The van der Waals surface area contributed by atoms with Crippen molar-refractivity contribution in [2.24, 2.45) is 0 Å². The van der Waals surface area contributed by atoms with Gasteiger partial charge in [-0.3, -0.25) is 9.48 Å². The summed E-state index contributed by atoms with van der Waals surface area (Å²) < 4.78 is 7.23. The number of hydrogen-bond donors (Lipinski definition) is 1. The van der Waals surface area contributed by atoms with E-state index in [4.69, 9.17) is 4.74 Å². The number of benzene rings is 1. The second-order valence-corrected chi connectivity index (χ2v) is 7.93. The first-order valence-electron chi connectivity index (χ1n) is 10.3. The Hall–Kier alpha value is -2.67. The van der Waals surface area contributed by atoms with Gasteiger partial charge in [-0.1, -0.05) is 12.1 Å². The molecule has 7 heteroatoms. The highest BCUT2D eigenvalue weighted by Crippen LogP contribution is 2.28. The molecule has 1 N–H and O–H groups in total. The molecule has 2 saturated heterocycles. The summed E-state index contributed by atoms with van der Waals surface area (Å²) in [5.74, 6) is -0.368. The molecule has 0 aliphatic carbocycles. The van der Waals surface area contributed by atoms with Gasteiger partial charge in [-0.2, -0.15) is 5.10 Å². The predicted molar refractivity (Wildman–Crippen MR) is 107 cm³/mol. The van der Waals surface area contributed by atoms with Crippen LogP contribution in [0.1, 0.15) is 69.6 Å². The van der Waals surface area contributed by atoms with Gasteiger partial charge in [-0.25, -0.2) is 4.79 Å². The van der Waals surface area contributed by atoms with Crippen LogP contribution in [-0.2, 0) is 4.74 Å². The van der Waals surface area contributed by atoms with Crippen LogP contribution in [0.3, 0.4) is 0 Å². The van der Waals surface area contributed by atoms with Gasteiger partial charge in [-0.15, -0.1) is 0 Å². The smallest absolute Gasteiger partial charge is 0.339 e. The number of rotatable bonds is 4. The summed E-state index contributed by atoms with van der Waals surface area (Å²) in [6, 6.07) is 8.17. The molecule has 154 valence electrons. The summed E-state index contributed by atoms with van der Waals surface area (Å²) in [7, 11) is 0. The fourth-order valence-electron chi connectivity index (χ4n) is 4.43. The van der Waals surface area contributed by atoms with E-state index in [1.807, 2.05) is 17.0 Å². The maximum absolute atomic E-state index is 12.9. The summed E-state index contributed by atoms with van der Waals surface area (Å²) in [6.07, 6.45) is 5.03. The number of carboxylic acids is 1. The van der Waals surface area contributed by atoms with E-state index in [1.54, 1.807) is 11.6 Å². The first-order chi connectivity index (χ1) is 14.0. The summed E-state index contributed by atoms with van der Waals surface area (Å²) in [4.78, 5) is 26.0. The number of aromatic carboxylic acids is 1. The largest absolute Gasteiger partial charge is 0.478 e. The van der Waals surface area contributed by atoms with E-state index in [0.717, 1.165) is 44.5 Å². The molecule has 2 aliphatic heterocycles. The lowest BCUT2D eigenvalue weighted by Crippen LogP contribution is -2.39. The zero-order chi connectivity index (χ0) is 20.4. The summed E-state index contributed by atoms with van der Waals surface area (Å²) in [5, 5.41) is 13.5. The molecule has 2 fully saturated rings. The van der Waals surface area contributed by atoms with E-state index in [0.29, 0.717) is 24.7 Å². The number of aromatic nitrogens is 2. The number of carboxylic acid groups (broad SMARTS) is 1. The monoisotopic (exact) mass is 397 g/mol. The van der Waals surface area contributed by atoms with Crippen LogP contribution in [0.15, 0.2) is 30.5 Å². The van der Waals surface area contributed by atoms with Gasteiger partial charge < -0.3 is 14.7 Å². The zero-order valence-corrected chi connectivity index (χ0v) is 16.7. The van der Waals surface area contributed by atoms with E-state index < -0.39 is 5.97 Å². The Morgan fingerprint density at radius 1 is 1.07 bits per heavy atom. The van der Waals surface area contributed by atoms with Crippen LogP contribution in [-0.4, -0.2) is 58.0 Å². The highest BCUT2D eigenvalue weighted by molar-refractivity contribution is 5.94. The number of nitrogens with zero attached hydrogens (tertiary/aromatic N) is 3. The molecule has 29 heavy (non-hydrogen) atoms. The van der Waals surface area contributed by atoms with Crippen LogP contribution in [0.4, 0.5) is 0 Å². The number of carbonyl (C=O) groups is 2. The van der Waals surface area contributed by atoms with Crippen LogP contribution < -0.4 is 0 Å². The van der Waals surface area contributed by atoms with Crippen molar-refractivity contribution in [1.82, 2.24) is 14.7 Å². The van der Waals surface area contributed by atoms with Crippen molar-refractivity contribution in [3.05, 3.63) is 52.8 Å². The third-order valence-electron chi connectivity index (χ3n) is 6.22. The van der Waals surface area contributed by atoms with E-state index >= 15 is 0 Å². The molecule has 1 aromatic carbocycles. The van der Waals surface area contributed by atoms with Gasteiger partial charge in [0.05, 0.1) is 17.9 Å². The minimum atomic E-state index is -0.953. The molecular formula is C22H27N3O4. The number of piperidine rings is 1. The van der Waals surface area contributed by atoms with Crippen molar-refractivity contribution >= 4 is 11.9 Å². The third-order valence-corrected chi connectivity index (χ3v) is 6.22. The Morgan fingerprint density at radius 3 is 2.31 bits per heavy atom. The first kappa shape index (κ1) is 19.6. The topological polar surface area (TPSA) is 84.7 Å². The highest BCUT2D eigenvalue weighted by atomic mass is 16.5. The van der Waals surface area contributed by atoms with Gasteiger partial charge >= 0.3 is 5.97 Å². The second-order valence-electron chi connectivity index (χ2n) is 7.93. The molecule has 0 spiro atoms. The first-order valence-corrected chi connectivity index (χ1v) is 10.3. The van der Waals surface area contributed by atoms with Gasteiger partial charge in [0.1, 0.15) is 5.56 Å². The molecule has 1 aromatic heterocycles. The molecule has 4 rings (SSSR count). The molecule has 0 atom stereocenters. The van der Waals surface area contributed by atoms with Crippen LogP contribution in [0, 0.1) is 6.92 Å². The molecule has 7 nitrogen and oxygen atoms in total. The van der Waals surface area contributed by atoms with Crippen LogP contribution >= 0.6 is 0 Å². The molecule has 1 amide bonds. The van der Waals surface area contributed by atoms with Crippen LogP contribution in [0.2, 0.25) is 0 Å². The zero-order valence-electron chi connectivity index (χ0n) is 16.7. The Balaban J connectivity index is 1.37. The van der Waals surface area contributed by atoms with E-state index in [2.05, 4.69) is 17.2 Å². The van der Waals surface area contributed by atoms with Gasteiger partial charge in [0.25, 0.3) is 5.91 Å². The van der Waals surface area contributed by atoms with Crippen molar-refractivity contribution in [3.8, 4) is 0 Å². The van der Waals surface area contributed by atoms with Crippen molar-refractivity contribution in [3.63, 3.8) is 0 Å². The Bertz CT molecular complexity index is 876. The lowest BCUT2D eigenvalue weighted by molar-refractivity contribution is 0.0688. The molecule has 0 radical (unpaired) electrons. The normalized spacial score (nSPS) is 18.7. The fraction of sp³-hybridized carbons (Fsp3) is 0.500. The summed E-state index contributed by atoms with van der Waals surface area (Å²) in [5.41, 5.74) is 2.92. The van der Waals surface area contributed by atoms with E-state index in [-0.39, 0.29) is 17.5 Å². The summed E-state index contributed by atoms with van der Waals surface area (Å²) >= 11 is 0. The van der Waals surface area contributed by atoms with E-state index in [9.17, 15) is 14.7 Å².